The number of fused-ring (bicyclic) bond motifs is 1. The third kappa shape index (κ3) is 3.67. The number of hydrogen-bond acceptors (Lipinski definition) is 5. The minimum absolute atomic E-state index is 0.418. The first-order chi connectivity index (χ1) is 14.6. The van der Waals surface area contributed by atoms with E-state index in [0.717, 1.165) is 53.9 Å². The lowest BCUT2D eigenvalue weighted by Crippen LogP contribution is -2.39. The van der Waals surface area contributed by atoms with Gasteiger partial charge in [0.2, 0.25) is 0 Å². The van der Waals surface area contributed by atoms with E-state index in [1.165, 1.54) is 0 Å². The van der Waals surface area contributed by atoms with E-state index < -0.39 is 6.17 Å². The van der Waals surface area contributed by atoms with Crippen LogP contribution in [0.4, 0.5) is 10.2 Å². The van der Waals surface area contributed by atoms with E-state index in [4.69, 9.17) is 10.1 Å². The predicted molar refractivity (Wildman–Crippen MR) is 117 cm³/mol. The largest absolute Gasteiger partial charge is 0.354 e. The van der Waals surface area contributed by atoms with Crippen molar-refractivity contribution in [1.29, 1.82) is 0 Å². The van der Waals surface area contributed by atoms with Crippen molar-refractivity contribution >= 4 is 16.9 Å². The van der Waals surface area contributed by atoms with Crippen LogP contribution in [0.3, 0.4) is 0 Å². The van der Waals surface area contributed by atoms with Gasteiger partial charge in [-0.1, -0.05) is 0 Å². The van der Waals surface area contributed by atoms with E-state index in [2.05, 4.69) is 34.6 Å². The second kappa shape index (κ2) is 7.95. The first-order valence-corrected chi connectivity index (χ1v) is 11.0. The molecule has 0 saturated carbocycles. The lowest BCUT2D eigenvalue weighted by molar-refractivity contribution is 0.147. The summed E-state index contributed by atoms with van der Waals surface area (Å²) < 4.78 is 15.8. The minimum atomic E-state index is -0.767. The zero-order valence-electron chi connectivity index (χ0n) is 17.7. The molecule has 2 saturated heterocycles. The zero-order valence-corrected chi connectivity index (χ0v) is 17.7. The molecule has 5 heterocycles. The van der Waals surface area contributed by atoms with Crippen LogP contribution in [0.15, 0.2) is 36.8 Å². The maximum atomic E-state index is 13.7. The van der Waals surface area contributed by atoms with Crippen molar-refractivity contribution in [2.24, 2.45) is 0 Å². The summed E-state index contributed by atoms with van der Waals surface area (Å²) in [5.41, 5.74) is 3.79. The van der Waals surface area contributed by atoms with Crippen molar-refractivity contribution in [3.8, 4) is 11.1 Å². The molecule has 7 heteroatoms. The van der Waals surface area contributed by atoms with Gasteiger partial charge >= 0.3 is 0 Å². The van der Waals surface area contributed by atoms with Gasteiger partial charge in [0.05, 0.1) is 29.8 Å². The van der Waals surface area contributed by atoms with Crippen molar-refractivity contribution in [3.63, 3.8) is 0 Å². The number of piperidine rings is 1. The highest BCUT2D eigenvalue weighted by molar-refractivity contribution is 5.91. The van der Waals surface area contributed by atoms with Crippen molar-refractivity contribution in [3.05, 3.63) is 36.8 Å². The van der Waals surface area contributed by atoms with E-state index >= 15 is 0 Å². The van der Waals surface area contributed by atoms with Crippen LogP contribution in [0.2, 0.25) is 0 Å². The number of hydrogen-bond donors (Lipinski definition) is 0. The van der Waals surface area contributed by atoms with Crippen LogP contribution in [0, 0.1) is 0 Å². The van der Waals surface area contributed by atoms with Crippen LogP contribution < -0.4 is 4.90 Å². The summed E-state index contributed by atoms with van der Waals surface area (Å²) in [6.07, 6.45) is 7.96. The molecule has 5 rings (SSSR count). The van der Waals surface area contributed by atoms with Crippen LogP contribution in [0.5, 0.6) is 0 Å². The van der Waals surface area contributed by atoms with Gasteiger partial charge in [-0.15, -0.1) is 0 Å². The van der Waals surface area contributed by atoms with E-state index in [-0.39, 0.29) is 0 Å². The van der Waals surface area contributed by atoms with E-state index in [0.29, 0.717) is 31.6 Å². The molecule has 0 unspecified atom stereocenters. The average molecular weight is 409 g/mol. The molecule has 0 radical (unpaired) electrons. The predicted octanol–water partition coefficient (Wildman–Crippen LogP) is 4.09. The Hall–Kier alpha value is -2.54. The summed E-state index contributed by atoms with van der Waals surface area (Å²) in [6.45, 7) is 7.89. The Morgan fingerprint density at radius 1 is 1.07 bits per heavy atom. The average Bonchev–Trinajstić information content (AvgIpc) is 3.42. The van der Waals surface area contributed by atoms with Crippen LogP contribution in [-0.2, 0) is 0 Å². The van der Waals surface area contributed by atoms with Gasteiger partial charge < -0.3 is 9.80 Å². The minimum Gasteiger partial charge on any atom is -0.354 e. The lowest BCUT2D eigenvalue weighted by Gasteiger charge is -2.34. The fourth-order valence-electron chi connectivity index (χ4n) is 4.69. The number of likely N-dealkylation sites (tertiary alicyclic amines) is 1. The van der Waals surface area contributed by atoms with Crippen molar-refractivity contribution < 1.29 is 4.39 Å². The summed E-state index contributed by atoms with van der Waals surface area (Å²) in [5.74, 6) is 0.824. The molecule has 6 nitrogen and oxygen atoms in total. The highest BCUT2D eigenvalue weighted by Crippen LogP contribution is 2.31. The second-order valence-electron chi connectivity index (χ2n) is 8.80. The number of rotatable bonds is 4. The quantitative estimate of drug-likeness (QED) is 0.651. The third-order valence-corrected chi connectivity index (χ3v) is 6.54. The van der Waals surface area contributed by atoms with Gasteiger partial charge in [-0.05, 0) is 51.3 Å². The summed E-state index contributed by atoms with van der Waals surface area (Å²) in [6, 6.07) is 6.98. The molecule has 30 heavy (non-hydrogen) atoms. The van der Waals surface area contributed by atoms with E-state index in [1.54, 1.807) is 0 Å². The fraction of sp³-hybridized carbons (Fsp3) is 0.522. The molecule has 2 aliphatic rings. The SMILES string of the molecule is CC(C)N1CCC(n2cc(-c3ccnc4ccc(N5CC[C@H](F)C5)nc34)cn2)CC1. The second-order valence-corrected chi connectivity index (χ2v) is 8.80. The summed E-state index contributed by atoms with van der Waals surface area (Å²) >= 11 is 0. The van der Waals surface area contributed by atoms with Gasteiger partial charge in [0.25, 0.3) is 0 Å². The molecule has 2 aliphatic heterocycles. The number of pyridine rings is 2. The van der Waals surface area contributed by atoms with Gasteiger partial charge in [0.15, 0.2) is 0 Å². The highest BCUT2D eigenvalue weighted by atomic mass is 19.1. The summed E-state index contributed by atoms with van der Waals surface area (Å²) in [5, 5.41) is 4.69. The van der Waals surface area contributed by atoms with Crippen molar-refractivity contribution in [1.82, 2.24) is 24.6 Å². The topological polar surface area (TPSA) is 50.1 Å². The molecule has 0 aromatic carbocycles. The Kier molecular flexibility index (Phi) is 5.15. The number of aromatic nitrogens is 4. The van der Waals surface area contributed by atoms with E-state index in [1.807, 2.05) is 35.5 Å². The third-order valence-electron chi connectivity index (χ3n) is 6.54. The number of alkyl halides is 1. The highest BCUT2D eigenvalue weighted by Gasteiger charge is 2.24. The standard InChI is InChI=1S/C23H29FN6/c1-16(2)28-11-7-19(8-12-28)30-14-17(13-26-30)20-5-9-25-21-3-4-22(27-23(20)21)29-10-6-18(24)15-29/h3-5,9,13-14,16,18-19H,6-8,10-12,15H2,1-2H3/t18-/m0/s1. The molecule has 0 bridgehead atoms. The first kappa shape index (κ1) is 19.4. The number of anilines is 1. The molecular weight excluding hydrogens is 379 g/mol. The zero-order chi connectivity index (χ0) is 20.7. The molecule has 3 aromatic heterocycles. The number of nitrogens with zero attached hydrogens (tertiary/aromatic N) is 6. The van der Waals surface area contributed by atoms with Crippen LogP contribution in [0.1, 0.15) is 39.2 Å². The monoisotopic (exact) mass is 408 g/mol. The first-order valence-electron chi connectivity index (χ1n) is 11.0. The Labute approximate surface area is 176 Å². The van der Waals surface area contributed by atoms with Crippen molar-refractivity contribution in [2.75, 3.05) is 31.1 Å². The Bertz CT molecular complexity index is 1020. The Morgan fingerprint density at radius 3 is 2.63 bits per heavy atom. The molecule has 0 spiro atoms. The maximum Gasteiger partial charge on any atom is 0.129 e. The molecule has 3 aromatic rings. The molecule has 0 N–H and O–H groups in total. The molecule has 1 atom stereocenters. The molecule has 0 aliphatic carbocycles. The number of halogens is 1. The molecule has 158 valence electrons. The Morgan fingerprint density at radius 2 is 1.90 bits per heavy atom. The fourth-order valence-corrected chi connectivity index (χ4v) is 4.69. The molecular formula is C23H29FN6. The smallest absolute Gasteiger partial charge is 0.129 e. The van der Waals surface area contributed by atoms with Gasteiger partial charge in [-0.2, -0.15) is 5.10 Å². The van der Waals surface area contributed by atoms with Gasteiger partial charge in [0, 0.05) is 49.2 Å². The summed E-state index contributed by atoms with van der Waals surface area (Å²) in [4.78, 5) is 13.9. The van der Waals surface area contributed by atoms with Gasteiger partial charge in [-0.25, -0.2) is 9.37 Å². The van der Waals surface area contributed by atoms with E-state index in [9.17, 15) is 4.39 Å². The normalized spacial score (nSPS) is 21.2. The van der Waals surface area contributed by atoms with Gasteiger partial charge in [0.1, 0.15) is 12.0 Å². The van der Waals surface area contributed by atoms with Crippen LogP contribution >= 0.6 is 0 Å². The Balaban J connectivity index is 1.42. The maximum absolute atomic E-state index is 13.7. The van der Waals surface area contributed by atoms with Crippen molar-refractivity contribution in [2.45, 2.75) is 51.4 Å². The van der Waals surface area contributed by atoms with Gasteiger partial charge in [-0.3, -0.25) is 9.67 Å². The summed E-state index contributed by atoms with van der Waals surface area (Å²) in [7, 11) is 0. The van der Waals surface area contributed by atoms with Crippen LogP contribution in [0.25, 0.3) is 22.2 Å². The lowest BCUT2D eigenvalue weighted by atomic mass is 10.0. The molecule has 2 fully saturated rings. The molecule has 0 amide bonds. The van der Waals surface area contributed by atoms with Crippen LogP contribution in [-0.4, -0.2) is 63.0 Å².